The van der Waals surface area contributed by atoms with Gasteiger partial charge < -0.3 is 10.1 Å². The van der Waals surface area contributed by atoms with Gasteiger partial charge in [0, 0.05) is 10.6 Å². The molecule has 1 aromatic carbocycles. The second-order valence-electron chi connectivity index (χ2n) is 4.98. The van der Waals surface area contributed by atoms with Crippen molar-refractivity contribution in [2.75, 3.05) is 12.4 Å². The Hall–Kier alpha value is -1.22. The van der Waals surface area contributed by atoms with Crippen LogP contribution in [-0.4, -0.2) is 23.1 Å². The van der Waals surface area contributed by atoms with Gasteiger partial charge in [-0.05, 0) is 63.4 Å². The summed E-state index contributed by atoms with van der Waals surface area (Å²) in [7, 11) is 1.68. The maximum atomic E-state index is 5.12. The normalized spacial score (nSPS) is 9.64. The van der Waals surface area contributed by atoms with Gasteiger partial charge in [0.1, 0.15) is 5.75 Å². The van der Waals surface area contributed by atoms with Gasteiger partial charge in [-0.1, -0.05) is 31.6 Å². The summed E-state index contributed by atoms with van der Waals surface area (Å²) in [5.74, 6) is 2.76. The van der Waals surface area contributed by atoms with E-state index in [9.17, 15) is 0 Å². The van der Waals surface area contributed by atoms with Crippen molar-refractivity contribution in [3.63, 3.8) is 0 Å². The Labute approximate surface area is 167 Å². The van der Waals surface area contributed by atoms with Gasteiger partial charge in [0.25, 0.3) is 0 Å². The number of hydrogen-bond acceptors (Lipinski definition) is 3. The summed E-state index contributed by atoms with van der Waals surface area (Å²) in [4.78, 5) is 1.34. The van der Waals surface area contributed by atoms with Gasteiger partial charge >= 0.3 is 21.8 Å². The molecular weight excluding hydrogens is 393 g/mol. The molecule has 0 saturated heterocycles. The Morgan fingerprint density at radius 3 is 2.00 bits per heavy atom. The first-order valence-corrected chi connectivity index (χ1v) is 11.1. The van der Waals surface area contributed by atoms with Gasteiger partial charge in [-0.25, -0.2) is 0 Å². The standard InChI is InChI=1S/C13H15NOS.C5H10.C2H6.CH3Se/c1-10(13-4-3-9-16-13)14-11-5-7-12(15-2)8-6-11;1-4-5(2)3;2*1-2/h3-10,14H,1-2H3;4H,1-3H3;1-2H3;1H3. The average Bonchev–Trinajstić information content (AvgIpc) is 3.21. The first kappa shape index (κ1) is 26.0. The van der Waals surface area contributed by atoms with Crippen molar-refractivity contribution in [2.24, 2.45) is 0 Å². The zero-order valence-corrected chi connectivity index (χ0v) is 19.5. The van der Waals surface area contributed by atoms with E-state index in [1.807, 2.05) is 50.9 Å². The van der Waals surface area contributed by atoms with Crippen LogP contribution < -0.4 is 10.1 Å². The van der Waals surface area contributed by atoms with Crippen LogP contribution in [0.1, 0.15) is 52.5 Å². The van der Waals surface area contributed by atoms with Crippen LogP contribution in [0.25, 0.3) is 0 Å². The quantitative estimate of drug-likeness (QED) is 0.414. The molecule has 0 bridgehead atoms. The summed E-state index contributed by atoms with van der Waals surface area (Å²) in [6.45, 7) is 12.4. The Bertz CT molecular complexity index is 532. The first-order chi connectivity index (χ1) is 12.1. The van der Waals surface area contributed by atoms with Gasteiger partial charge in [0.2, 0.25) is 0 Å². The third-order valence-electron chi connectivity index (χ3n) is 3.02. The van der Waals surface area contributed by atoms with Crippen LogP contribution in [0.15, 0.2) is 53.4 Å². The fourth-order valence-corrected chi connectivity index (χ4v) is 2.28. The third kappa shape index (κ3) is 12.7. The molecule has 2 rings (SSSR count). The van der Waals surface area contributed by atoms with Crippen LogP contribution in [0.4, 0.5) is 5.69 Å². The molecule has 1 N–H and O–H groups in total. The fourth-order valence-electron chi connectivity index (χ4n) is 1.55. The number of ether oxygens (including phenoxy) is 1. The maximum absolute atomic E-state index is 5.12. The van der Waals surface area contributed by atoms with Crippen LogP contribution in [-0.2, 0) is 0 Å². The molecule has 1 radical (unpaired) electrons. The first-order valence-electron chi connectivity index (χ1n) is 8.51. The second-order valence-corrected chi connectivity index (χ2v) is 5.96. The van der Waals surface area contributed by atoms with Crippen LogP contribution >= 0.6 is 11.3 Å². The molecule has 2 aromatic rings. The molecule has 141 valence electrons. The van der Waals surface area contributed by atoms with Crippen molar-refractivity contribution in [1.29, 1.82) is 0 Å². The number of rotatable bonds is 4. The molecule has 0 aliphatic heterocycles. The van der Waals surface area contributed by atoms with Crippen molar-refractivity contribution < 1.29 is 4.74 Å². The number of benzene rings is 1. The van der Waals surface area contributed by atoms with Gasteiger partial charge in [0.05, 0.1) is 13.2 Å². The average molecular weight is 428 g/mol. The monoisotopic (exact) mass is 428 g/mol. The number of hydrogen-bond donors (Lipinski definition) is 1. The number of allylic oxidation sites excluding steroid dienone is 2. The van der Waals surface area contributed by atoms with E-state index in [-0.39, 0.29) is 0 Å². The third-order valence-corrected chi connectivity index (χ3v) is 4.08. The second kappa shape index (κ2) is 17.6. The summed E-state index contributed by atoms with van der Waals surface area (Å²) in [6, 6.07) is 12.5. The SMILES string of the molecule is CC.CC=C(C)C.COc1ccc(NC(C)c2cccs2)cc1.C[Se]. The Morgan fingerprint density at radius 1 is 1.12 bits per heavy atom. The van der Waals surface area contributed by atoms with E-state index in [2.05, 4.69) is 65.7 Å². The zero-order valence-electron chi connectivity index (χ0n) is 16.9. The van der Waals surface area contributed by atoms with E-state index in [1.54, 1.807) is 18.4 Å². The van der Waals surface area contributed by atoms with Crippen LogP contribution in [0, 0.1) is 0 Å². The summed E-state index contributed by atoms with van der Waals surface area (Å²) in [5.41, 5.74) is 2.49. The van der Waals surface area contributed by atoms with Gasteiger partial charge in [-0.3, -0.25) is 0 Å². The Balaban J connectivity index is 0. The van der Waals surface area contributed by atoms with Crippen molar-refractivity contribution in [3.05, 3.63) is 58.3 Å². The summed E-state index contributed by atoms with van der Waals surface area (Å²) in [6.07, 6.45) is 2.08. The molecular formula is C21H34NOSSe. The number of nitrogens with one attached hydrogen (secondary N) is 1. The van der Waals surface area contributed by atoms with E-state index < -0.39 is 0 Å². The fraction of sp³-hybridized carbons (Fsp3) is 0.429. The van der Waals surface area contributed by atoms with Crippen LogP contribution in [0.3, 0.4) is 0 Å². The predicted octanol–water partition coefficient (Wildman–Crippen LogP) is 7.13. The topological polar surface area (TPSA) is 21.3 Å². The van der Waals surface area contributed by atoms with E-state index >= 15 is 0 Å². The summed E-state index contributed by atoms with van der Waals surface area (Å²) in [5, 5.41) is 5.55. The summed E-state index contributed by atoms with van der Waals surface area (Å²) >= 11 is 4.40. The van der Waals surface area contributed by atoms with E-state index in [0.29, 0.717) is 6.04 Å². The van der Waals surface area contributed by atoms with Crippen LogP contribution in [0.5, 0.6) is 5.75 Å². The predicted molar refractivity (Wildman–Crippen MR) is 117 cm³/mol. The molecule has 0 aliphatic carbocycles. The van der Waals surface area contributed by atoms with Crippen molar-refractivity contribution >= 4 is 33.0 Å². The number of methoxy groups -OCH3 is 1. The molecule has 0 fully saturated rings. The molecule has 0 aliphatic rings. The molecule has 1 atom stereocenters. The Kier molecular flexibility index (Phi) is 18.3. The molecule has 4 heteroatoms. The zero-order chi connectivity index (χ0) is 19.7. The number of anilines is 1. The minimum atomic E-state index is 0.341. The molecule has 0 spiro atoms. The van der Waals surface area contributed by atoms with Gasteiger partial charge in [-0.2, -0.15) is 0 Å². The Morgan fingerprint density at radius 2 is 1.64 bits per heavy atom. The molecule has 1 aromatic heterocycles. The van der Waals surface area contributed by atoms with Crippen molar-refractivity contribution in [2.45, 2.75) is 53.4 Å². The van der Waals surface area contributed by atoms with Gasteiger partial charge in [0.15, 0.2) is 0 Å². The van der Waals surface area contributed by atoms with E-state index in [4.69, 9.17) is 4.74 Å². The van der Waals surface area contributed by atoms with Crippen molar-refractivity contribution in [1.82, 2.24) is 0 Å². The van der Waals surface area contributed by atoms with E-state index in [1.165, 1.54) is 10.5 Å². The summed E-state index contributed by atoms with van der Waals surface area (Å²) < 4.78 is 5.12. The van der Waals surface area contributed by atoms with Gasteiger partial charge in [-0.15, -0.1) is 11.3 Å². The van der Waals surface area contributed by atoms with Crippen LogP contribution in [0.2, 0.25) is 5.82 Å². The molecule has 0 amide bonds. The molecule has 1 heterocycles. The molecule has 2 nitrogen and oxygen atoms in total. The molecule has 1 unspecified atom stereocenters. The molecule has 0 saturated carbocycles. The minimum absolute atomic E-state index is 0.341. The number of thiophene rings is 1. The van der Waals surface area contributed by atoms with E-state index in [0.717, 1.165) is 11.4 Å². The molecule has 25 heavy (non-hydrogen) atoms. The van der Waals surface area contributed by atoms with Crippen molar-refractivity contribution in [3.8, 4) is 5.75 Å².